The molecule has 0 spiro atoms. The van der Waals surface area contributed by atoms with Crippen LogP contribution in [0.2, 0.25) is 0 Å². The van der Waals surface area contributed by atoms with E-state index < -0.39 is 0 Å². The van der Waals surface area contributed by atoms with Gasteiger partial charge in [0, 0.05) is 37.8 Å². The van der Waals surface area contributed by atoms with E-state index >= 15 is 0 Å². The van der Waals surface area contributed by atoms with Crippen LogP contribution in [0.25, 0.3) is 0 Å². The molecule has 0 aromatic carbocycles. The molecule has 27 heavy (non-hydrogen) atoms. The van der Waals surface area contributed by atoms with E-state index in [4.69, 9.17) is 0 Å². The summed E-state index contributed by atoms with van der Waals surface area (Å²) < 4.78 is 0. The van der Waals surface area contributed by atoms with Crippen LogP contribution in [0.1, 0.15) is 57.6 Å². The summed E-state index contributed by atoms with van der Waals surface area (Å²) in [7, 11) is 0. The number of aryl methyl sites for hydroxylation is 1. The van der Waals surface area contributed by atoms with Crippen molar-refractivity contribution in [3.05, 3.63) is 11.8 Å². The molecule has 0 atom stereocenters. The van der Waals surface area contributed by atoms with Gasteiger partial charge < -0.3 is 16.0 Å². The second-order valence-electron chi connectivity index (χ2n) is 9.12. The fourth-order valence-electron chi connectivity index (χ4n) is 6.20. The zero-order chi connectivity index (χ0) is 18.9. The second-order valence-corrected chi connectivity index (χ2v) is 9.12. The molecule has 0 unspecified atom stereocenters. The number of rotatable bonds is 8. The number of carbonyl (C=O) groups excluding carboxylic acids is 1. The summed E-state index contributed by atoms with van der Waals surface area (Å²) in [4.78, 5) is 21.4. The summed E-state index contributed by atoms with van der Waals surface area (Å²) in [6.45, 7) is 6.09. The van der Waals surface area contributed by atoms with Crippen molar-refractivity contribution >= 4 is 17.7 Å². The normalized spacial score (nSPS) is 31.0. The first-order valence-corrected chi connectivity index (χ1v) is 10.6. The highest BCUT2D eigenvalue weighted by atomic mass is 16.1. The lowest BCUT2D eigenvalue weighted by atomic mass is 9.49. The van der Waals surface area contributed by atoms with Crippen molar-refractivity contribution in [2.24, 2.45) is 23.2 Å². The van der Waals surface area contributed by atoms with Gasteiger partial charge in [0.2, 0.25) is 11.9 Å². The van der Waals surface area contributed by atoms with Crippen molar-refractivity contribution in [2.75, 3.05) is 30.3 Å². The zero-order valence-corrected chi connectivity index (χ0v) is 16.7. The van der Waals surface area contributed by atoms with Crippen LogP contribution < -0.4 is 16.0 Å². The third kappa shape index (κ3) is 4.36. The molecular formula is C21H33N5O. The van der Waals surface area contributed by atoms with Crippen LogP contribution in [0.3, 0.4) is 0 Å². The van der Waals surface area contributed by atoms with E-state index in [0.717, 1.165) is 42.2 Å². The summed E-state index contributed by atoms with van der Waals surface area (Å²) in [5.74, 6) is 4.37. The third-order valence-electron chi connectivity index (χ3n) is 6.64. The van der Waals surface area contributed by atoms with E-state index in [2.05, 4.69) is 25.9 Å². The summed E-state index contributed by atoms with van der Waals surface area (Å²) in [6.07, 6.45) is 8.88. The number of nitrogens with one attached hydrogen (secondary N) is 3. The second kappa shape index (κ2) is 7.64. The predicted octanol–water partition coefficient (Wildman–Crippen LogP) is 3.35. The molecule has 0 saturated heterocycles. The lowest BCUT2D eigenvalue weighted by Crippen LogP contribution is -2.48. The molecule has 4 saturated carbocycles. The molecule has 3 N–H and O–H groups in total. The summed E-state index contributed by atoms with van der Waals surface area (Å²) in [5, 5.41) is 9.55. The molecule has 4 aliphatic rings. The smallest absolute Gasteiger partial charge is 0.224 e. The van der Waals surface area contributed by atoms with Crippen molar-refractivity contribution in [3.8, 4) is 0 Å². The van der Waals surface area contributed by atoms with Crippen molar-refractivity contribution in [2.45, 2.75) is 58.8 Å². The first kappa shape index (κ1) is 18.5. The molecule has 4 bridgehead atoms. The van der Waals surface area contributed by atoms with Crippen LogP contribution in [0, 0.1) is 30.1 Å². The average Bonchev–Trinajstić information content (AvgIpc) is 2.57. The fourth-order valence-corrected chi connectivity index (χ4v) is 6.20. The van der Waals surface area contributed by atoms with Crippen LogP contribution in [-0.2, 0) is 4.79 Å². The van der Waals surface area contributed by atoms with Gasteiger partial charge >= 0.3 is 0 Å². The first-order chi connectivity index (χ1) is 13.0. The highest BCUT2D eigenvalue weighted by Crippen LogP contribution is 2.61. The molecule has 1 amide bonds. The minimum atomic E-state index is 0.228. The monoisotopic (exact) mass is 371 g/mol. The molecule has 6 heteroatoms. The Kier molecular flexibility index (Phi) is 5.24. The maximum absolute atomic E-state index is 12.6. The Labute approximate surface area is 162 Å². The molecule has 1 heterocycles. The topological polar surface area (TPSA) is 78.9 Å². The van der Waals surface area contributed by atoms with Crippen LogP contribution in [0.4, 0.5) is 11.8 Å². The predicted molar refractivity (Wildman–Crippen MR) is 108 cm³/mol. The van der Waals surface area contributed by atoms with Gasteiger partial charge in [0.1, 0.15) is 5.82 Å². The van der Waals surface area contributed by atoms with Gasteiger partial charge in [0.05, 0.1) is 0 Å². The Morgan fingerprint density at radius 2 is 1.74 bits per heavy atom. The fraction of sp³-hybridized carbons (Fsp3) is 0.762. The number of hydrogen-bond acceptors (Lipinski definition) is 5. The Morgan fingerprint density at radius 3 is 2.37 bits per heavy atom. The van der Waals surface area contributed by atoms with E-state index in [9.17, 15) is 4.79 Å². The van der Waals surface area contributed by atoms with Gasteiger partial charge in [-0.2, -0.15) is 4.98 Å². The van der Waals surface area contributed by atoms with Gasteiger partial charge in [0.15, 0.2) is 0 Å². The Morgan fingerprint density at radius 1 is 1.07 bits per heavy atom. The van der Waals surface area contributed by atoms with Gasteiger partial charge in [-0.05, 0) is 75.5 Å². The SMILES string of the molecule is CCNc1nc(C)cc(NCCNC(=O)CC23CC4CC(CC(C4)C2)C3)n1. The molecule has 1 aromatic heterocycles. The molecular weight excluding hydrogens is 338 g/mol. The van der Waals surface area contributed by atoms with E-state index in [-0.39, 0.29) is 5.91 Å². The van der Waals surface area contributed by atoms with E-state index in [1.165, 1.54) is 38.5 Å². The Balaban J connectivity index is 1.22. The van der Waals surface area contributed by atoms with Crippen molar-refractivity contribution in [1.29, 1.82) is 0 Å². The first-order valence-electron chi connectivity index (χ1n) is 10.6. The number of carbonyl (C=O) groups is 1. The number of anilines is 2. The summed E-state index contributed by atoms with van der Waals surface area (Å²) >= 11 is 0. The molecule has 0 aliphatic heterocycles. The van der Waals surface area contributed by atoms with Crippen LogP contribution >= 0.6 is 0 Å². The van der Waals surface area contributed by atoms with E-state index in [0.29, 0.717) is 24.5 Å². The molecule has 1 aromatic rings. The molecule has 4 fully saturated rings. The van der Waals surface area contributed by atoms with Gasteiger partial charge in [0.25, 0.3) is 0 Å². The number of nitrogens with zero attached hydrogens (tertiary/aromatic N) is 2. The number of aromatic nitrogens is 2. The van der Waals surface area contributed by atoms with Gasteiger partial charge in [-0.15, -0.1) is 0 Å². The Bertz CT molecular complexity index is 654. The minimum Gasteiger partial charge on any atom is -0.368 e. The van der Waals surface area contributed by atoms with Crippen molar-refractivity contribution < 1.29 is 4.79 Å². The van der Waals surface area contributed by atoms with Crippen LogP contribution in [0.5, 0.6) is 0 Å². The van der Waals surface area contributed by atoms with Gasteiger partial charge in [-0.1, -0.05) is 0 Å². The maximum Gasteiger partial charge on any atom is 0.224 e. The van der Waals surface area contributed by atoms with Crippen molar-refractivity contribution in [1.82, 2.24) is 15.3 Å². The highest BCUT2D eigenvalue weighted by molar-refractivity contribution is 5.76. The van der Waals surface area contributed by atoms with E-state index in [1.807, 2.05) is 19.9 Å². The molecule has 4 aliphatic carbocycles. The van der Waals surface area contributed by atoms with Crippen LogP contribution in [-0.4, -0.2) is 35.5 Å². The lowest BCUT2D eigenvalue weighted by Gasteiger charge is -2.56. The molecule has 0 radical (unpaired) electrons. The van der Waals surface area contributed by atoms with Crippen molar-refractivity contribution in [3.63, 3.8) is 0 Å². The summed E-state index contributed by atoms with van der Waals surface area (Å²) in [5.41, 5.74) is 1.24. The quantitative estimate of drug-likeness (QED) is 0.611. The standard InChI is InChI=1S/C21H33N5O/c1-3-22-20-25-14(2)6-18(26-20)23-4-5-24-19(27)13-21-10-15-7-16(11-21)9-17(8-15)12-21/h6,15-17H,3-5,7-13H2,1-2H3,(H,24,27)(H2,22,23,25,26). The third-order valence-corrected chi connectivity index (χ3v) is 6.64. The minimum absolute atomic E-state index is 0.228. The zero-order valence-electron chi connectivity index (χ0n) is 16.7. The number of amides is 1. The van der Waals surface area contributed by atoms with Gasteiger partial charge in [-0.25, -0.2) is 4.98 Å². The van der Waals surface area contributed by atoms with Gasteiger partial charge in [-0.3, -0.25) is 4.79 Å². The van der Waals surface area contributed by atoms with E-state index in [1.54, 1.807) is 0 Å². The molecule has 5 rings (SSSR count). The highest BCUT2D eigenvalue weighted by Gasteiger charge is 2.51. The maximum atomic E-state index is 12.6. The average molecular weight is 372 g/mol. The Hall–Kier alpha value is -1.85. The largest absolute Gasteiger partial charge is 0.368 e. The molecule has 6 nitrogen and oxygen atoms in total. The molecule has 148 valence electrons. The lowest BCUT2D eigenvalue weighted by molar-refractivity contribution is -0.129. The van der Waals surface area contributed by atoms with Crippen LogP contribution in [0.15, 0.2) is 6.07 Å². The summed E-state index contributed by atoms with van der Waals surface area (Å²) in [6, 6.07) is 1.93. The number of hydrogen-bond donors (Lipinski definition) is 3.